The summed E-state index contributed by atoms with van der Waals surface area (Å²) in [5, 5.41) is 7.35. The van der Waals surface area contributed by atoms with Crippen LogP contribution in [0.2, 0.25) is 0 Å². The summed E-state index contributed by atoms with van der Waals surface area (Å²) in [6.07, 6.45) is 0. The molecule has 0 bridgehead atoms. The van der Waals surface area contributed by atoms with Gasteiger partial charge < -0.3 is 4.57 Å². The molecule has 0 saturated heterocycles. The first-order valence-electron chi connectivity index (χ1n) is 16.9. The van der Waals surface area contributed by atoms with Gasteiger partial charge >= 0.3 is 0 Å². The number of thiophene rings is 2. The number of hydrogen-bond donors (Lipinski definition) is 0. The molecule has 11 aromatic rings. The van der Waals surface area contributed by atoms with Crippen LogP contribution in [-0.4, -0.2) is 19.5 Å². The van der Waals surface area contributed by atoms with Gasteiger partial charge in [-0.1, -0.05) is 97.1 Å². The van der Waals surface area contributed by atoms with Crippen molar-refractivity contribution in [2.45, 2.75) is 0 Å². The molecule has 0 radical (unpaired) electrons. The quantitative estimate of drug-likeness (QED) is 0.185. The van der Waals surface area contributed by atoms with Crippen LogP contribution in [0, 0.1) is 0 Å². The summed E-state index contributed by atoms with van der Waals surface area (Å²) in [7, 11) is 0. The van der Waals surface area contributed by atoms with E-state index in [4.69, 9.17) is 15.0 Å². The molecule has 0 aliphatic heterocycles. The van der Waals surface area contributed by atoms with Crippen LogP contribution in [0.3, 0.4) is 0 Å². The van der Waals surface area contributed by atoms with Crippen LogP contribution in [0.25, 0.3) is 102 Å². The first-order valence-corrected chi connectivity index (χ1v) is 18.6. The van der Waals surface area contributed by atoms with Crippen LogP contribution in [0.5, 0.6) is 0 Å². The van der Waals surface area contributed by atoms with Gasteiger partial charge in [0.05, 0.1) is 11.0 Å². The van der Waals surface area contributed by atoms with Gasteiger partial charge in [-0.05, 0) is 60.7 Å². The minimum Gasteiger partial charge on any atom is -0.309 e. The molecular weight excluding hydrogens is 661 g/mol. The Bertz CT molecular complexity index is 3150. The SMILES string of the molecule is c1ccc(-n2c3ccccc3c3ccc(-c4nc(-c5ccc6sc7ccccc7c6c5)nc(-c5cccc6c5sc5ccccc56)n4)cc32)cc1. The zero-order valence-corrected chi connectivity index (χ0v) is 28.7. The first kappa shape index (κ1) is 28.6. The van der Waals surface area contributed by atoms with E-state index >= 15 is 0 Å². The van der Waals surface area contributed by atoms with E-state index in [2.05, 4.69) is 162 Å². The van der Waals surface area contributed by atoms with Crippen molar-refractivity contribution in [3.63, 3.8) is 0 Å². The van der Waals surface area contributed by atoms with Crippen LogP contribution in [0.15, 0.2) is 158 Å². The molecule has 0 aliphatic carbocycles. The van der Waals surface area contributed by atoms with Crippen LogP contribution < -0.4 is 0 Å². The summed E-state index contributed by atoms with van der Waals surface area (Å²) in [4.78, 5) is 15.7. The van der Waals surface area contributed by atoms with E-state index in [-0.39, 0.29) is 0 Å². The third-order valence-corrected chi connectivity index (χ3v) is 12.2. The highest BCUT2D eigenvalue weighted by Gasteiger charge is 2.19. The van der Waals surface area contributed by atoms with Gasteiger partial charge in [0.25, 0.3) is 0 Å². The summed E-state index contributed by atoms with van der Waals surface area (Å²) < 4.78 is 7.30. The fourth-order valence-electron chi connectivity index (χ4n) is 7.51. The van der Waals surface area contributed by atoms with E-state index in [1.165, 1.54) is 56.6 Å². The van der Waals surface area contributed by atoms with E-state index in [0.29, 0.717) is 17.5 Å². The minimum absolute atomic E-state index is 0.648. The molecule has 0 amide bonds. The molecular formula is C45H26N4S2. The molecule has 4 heterocycles. The average Bonchev–Trinajstić information content (AvgIpc) is 3.87. The average molecular weight is 687 g/mol. The van der Waals surface area contributed by atoms with Crippen LogP contribution in [-0.2, 0) is 0 Å². The summed E-state index contributed by atoms with van der Waals surface area (Å²) in [6.45, 7) is 0. The van der Waals surface area contributed by atoms with Crippen molar-refractivity contribution in [1.82, 2.24) is 19.5 Å². The second-order valence-corrected chi connectivity index (χ2v) is 15.0. The Morgan fingerprint density at radius 3 is 1.78 bits per heavy atom. The lowest BCUT2D eigenvalue weighted by atomic mass is 10.1. The lowest BCUT2D eigenvalue weighted by Crippen LogP contribution is -2.00. The molecule has 51 heavy (non-hydrogen) atoms. The molecule has 0 saturated carbocycles. The van der Waals surface area contributed by atoms with Crippen molar-refractivity contribution in [1.29, 1.82) is 0 Å². The second-order valence-electron chi connectivity index (χ2n) is 12.8. The molecule has 0 fully saturated rings. The molecule has 6 heteroatoms. The van der Waals surface area contributed by atoms with Crippen molar-refractivity contribution in [3.8, 4) is 39.9 Å². The zero-order valence-electron chi connectivity index (χ0n) is 27.1. The smallest absolute Gasteiger partial charge is 0.165 e. The molecule has 0 spiro atoms. The molecule has 4 nitrogen and oxygen atoms in total. The van der Waals surface area contributed by atoms with Gasteiger partial charge in [-0.15, -0.1) is 22.7 Å². The molecule has 0 N–H and O–H groups in total. The highest BCUT2D eigenvalue weighted by Crippen LogP contribution is 2.41. The van der Waals surface area contributed by atoms with Crippen molar-refractivity contribution in [2.75, 3.05) is 0 Å². The van der Waals surface area contributed by atoms with Gasteiger partial charge in [-0.2, -0.15) is 0 Å². The molecule has 0 atom stereocenters. The van der Waals surface area contributed by atoms with E-state index in [1.807, 2.05) is 11.3 Å². The van der Waals surface area contributed by atoms with E-state index < -0.39 is 0 Å². The highest BCUT2D eigenvalue weighted by molar-refractivity contribution is 7.26. The number of aromatic nitrogens is 4. The van der Waals surface area contributed by atoms with Crippen LogP contribution >= 0.6 is 22.7 Å². The van der Waals surface area contributed by atoms with E-state index in [9.17, 15) is 0 Å². The molecule has 4 aromatic heterocycles. The summed E-state index contributed by atoms with van der Waals surface area (Å²) in [5.74, 6) is 1.98. The minimum atomic E-state index is 0.648. The Labute approximate surface area is 300 Å². The monoisotopic (exact) mass is 686 g/mol. The largest absolute Gasteiger partial charge is 0.309 e. The first-order chi connectivity index (χ1) is 25.3. The van der Waals surface area contributed by atoms with Gasteiger partial charge in [-0.25, -0.2) is 15.0 Å². The maximum atomic E-state index is 5.26. The van der Waals surface area contributed by atoms with Gasteiger partial charge in [0.2, 0.25) is 0 Å². The van der Waals surface area contributed by atoms with Gasteiger partial charge in [0.15, 0.2) is 17.5 Å². The van der Waals surface area contributed by atoms with Gasteiger partial charge in [-0.3, -0.25) is 0 Å². The molecule has 238 valence electrons. The second kappa shape index (κ2) is 11.2. The number of benzene rings is 7. The number of hydrogen-bond acceptors (Lipinski definition) is 5. The van der Waals surface area contributed by atoms with Crippen LogP contribution in [0.1, 0.15) is 0 Å². The fourth-order valence-corrected chi connectivity index (χ4v) is 9.81. The fraction of sp³-hybridized carbons (Fsp3) is 0. The summed E-state index contributed by atoms with van der Waals surface area (Å²) >= 11 is 3.61. The Balaban J connectivity index is 1.18. The van der Waals surface area contributed by atoms with Crippen molar-refractivity contribution >= 4 is 84.8 Å². The predicted molar refractivity (Wildman–Crippen MR) is 216 cm³/mol. The Kier molecular flexibility index (Phi) is 6.26. The Morgan fingerprint density at radius 1 is 0.373 bits per heavy atom. The Morgan fingerprint density at radius 2 is 0.961 bits per heavy atom. The van der Waals surface area contributed by atoms with Crippen molar-refractivity contribution < 1.29 is 0 Å². The molecule has 7 aromatic carbocycles. The Hall–Kier alpha value is -6.21. The van der Waals surface area contributed by atoms with Gasteiger partial charge in [0, 0.05) is 73.5 Å². The van der Waals surface area contributed by atoms with Crippen LogP contribution in [0.4, 0.5) is 0 Å². The highest BCUT2D eigenvalue weighted by atomic mass is 32.1. The molecule has 0 unspecified atom stereocenters. The van der Waals surface area contributed by atoms with E-state index in [0.717, 1.165) is 27.9 Å². The topological polar surface area (TPSA) is 43.6 Å². The standard InChI is InChI=1S/C45H26N4S2/c1-2-11-29(12-3-1)49-37-18-7-4-13-30(37)31-23-21-28(26-38(31)49)44-46-43(27-22-24-41-36(25-27)33-15-6-8-19-39(33)50-41)47-45(48-44)35-17-10-16-34-32-14-5-9-20-40(32)51-42(34)35/h1-26H. The number of fused-ring (bicyclic) bond motifs is 9. The third kappa shape index (κ3) is 4.47. The lowest BCUT2D eigenvalue weighted by molar-refractivity contribution is 1.08. The van der Waals surface area contributed by atoms with E-state index in [1.54, 1.807) is 11.3 Å². The third-order valence-electron chi connectivity index (χ3n) is 9.86. The molecule has 11 rings (SSSR count). The predicted octanol–water partition coefficient (Wildman–Crippen LogP) is 12.7. The maximum absolute atomic E-state index is 5.26. The summed E-state index contributed by atoms with van der Waals surface area (Å²) in [6, 6.07) is 56.0. The number of para-hydroxylation sites is 2. The lowest BCUT2D eigenvalue weighted by Gasteiger charge is -2.11. The molecule has 0 aliphatic rings. The van der Waals surface area contributed by atoms with Crippen molar-refractivity contribution in [3.05, 3.63) is 158 Å². The van der Waals surface area contributed by atoms with Crippen molar-refractivity contribution in [2.24, 2.45) is 0 Å². The number of rotatable bonds is 4. The van der Waals surface area contributed by atoms with Gasteiger partial charge in [0.1, 0.15) is 0 Å². The summed E-state index contributed by atoms with van der Waals surface area (Å²) in [5.41, 5.74) is 6.32. The zero-order chi connectivity index (χ0) is 33.5. The maximum Gasteiger partial charge on any atom is 0.165 e. The number of nitrogens with zero attached hydrogens (tertiary/aromatic N) is 4. The normalized spacial score (nSPS) is 11.9.